The molecule has 2 aliphatic carbocycles. The van der Waals surface area contributed by atoms with Crippen LogP contribution in [0.1, 0.15) is 62.6 Å². The minimum atomic E-state index is -1.03. The smallest absolute Gasteiger partial charge is 0.411 e. The van der Waals surface area contributed by atoms with Gasteiger partial charge in [0, 0.05) is 11.6 Å². The summed E-state index contributed by atoms with van der Waals surface area (Å²) in [6.07, 6.45) is 1.15. The molecule has 1 heterocycles. The lowest BCUT2D eigenvalue weighted by Crippen LogP contribution is -2.47. The fourth-order valence-electron chi connectivity index (χ4n) is 6.21. The molecule has 4 aromatic carbocycles. The Morgan fingerprint density at radius 1 is 0.762 bits per heavy atom. The topological polar surface area (TPSA) is 102 Å². The zero-order valence-corrected chi connectivity index (χ0v) is 22.5. The van der Waals surface area contributed by atoms with Gasteiger partial charge >= 0.3 is 12.1 Å². The van der Waals surface area contributed by atoms with E-state index in [2.05, 4.69) is 29.6 Å². The van der Waals surface area contributed by atoms with E-state index in [0.29, 0.717) is 29.2 Å². The molecule has 4 aromatic rings. The molecule has 0 saturated heterocycles. The number of nitrogens with one attached hydrogen (secondary N) is 1. The van der Waals surface area contributed by atoms with Gasteiger partial charge in [0.15, 0.2) is 0 Å². The van der Waals surface area contributed by atoms with Crippen LogP contribution in [-0.4, -0.2) is 35.5 Å². The van der Waals surface area contributed by atoms with Gasteiger partial charge in [-0.1, -0.05) is 84.3 Å². The third-order valence-electron chi connectivity index (χ3n) is 8.53. The second-order valence-corrected chi connectivity index (χ2v) is 10.8. The first kappa shape index (κ1) is 25.7. The molecule has 208 valence electrons. The standard InChI is InChI=1S/C34H26N2O6/c37-30-27-15-5-6-16-28(27)31(38)36(30)42-32(39)34(17-8-18-34)21-9-7-10-22(19-21)35-33(40)41-20-29-25-13-3-1-11-23(25)24-12-2-4-14-26(24)29/h1-7,9-16,19,29H,8,17-18,20H2,(H,35,40). The highest BCUT2D eigenvalue weighted by Crippen LogP contribution is 2.46. The summed E-state index contributed by atoms with van der Waals surface area (Å²) in [4.78, 5) is 57.3. The molecule has 42 heavy (non-hydrogen) atoms. The largest absolute Gasteiger partial charge is 0.448 e. The van der Waals surface area contributed by atoms with Crippen LogP contribution in [0.25, 0.3) is 11.1 Å². The maximum atomic E-state index is 13.4. The number of fused-ring (bicyclic) bond motifs is 4. The Bertz CT molecular complexity index is 1690. The Kier molecular flexibility index (Phi) is 6.12. The number of hydroxylamine groups is 2. The van der Waals surface area contributed by atoms with E-state index in [9.17, 15) is 19.2 Å². The van der Waals surface area contributed by atoms with Gasteiger partial charge in [-0.2, -0.15) is 0 Å². The molecule has 0 unspecified atom stereocenters. The van der Waals surface area contributed by atoms with Crippen molar-refractivity contribution >= 4 is 29.6 Å². The quantitative estimate of drug-likeness (QED) is 0.282. The van der Waals surface area contributed by atoms with Crippen molar-refractivity contribution < 1.29 is 28.8 Å². The molecule has 8 nitrogen and oxygen atoms in total. The normalized spacial score (nSPS) is 16.2. The van der Waals surface area contributed by atoms with Crippen LogP contribution in [0.5, 0.6) is 0 Å². The van der Waals surface area contributed by atoms with Crippen molar-refractivity contribution in [1.29, 1.82) is 0 Å². The molecule has 8 heteroatoms. The monoisotopic (exact) mass is 558 g/mol. The molecule has 3 aliphatic rings. The highest BCUT2D eigenvalue weighted by molar-refractivity contribution is 6.21. The van der Waals surface area contributed by atoms with E-state index in [4.69, 9.17) is 9.57 Å². The molecular formula is C34H26N2O6. The Labute approximate surface area is 241 Å². The molecule has 1 saturated carbocycles. The maximum Gasteiger partial charge on any atom is 0.411 e. The Balaban J connectivity index is 1.04. The number of amides is 3. The predicted molar refractivity (Wildman–Crippen MR) is 154 cm³/mol. The zero-order valence-electron chi connectivity index (χ0n) is 22.5. The SMILES string of the molecule is O=C(Nc1cccc(C2(C(=O)ON3C(=O)c4ccccc4C3=O)CCC2)c1)OCC1c2ccccc2-c2ccccc21. The predicted octanol–water partition coefficient (Wildman–Crippen LogP) is 6.22. The van der Waals surface area contributed by atoms with E-state index >= 15 is 0 Å². The van der Waals surface area contributed by atoms with Crippen LogP contribution in [0.4, 0.5) is 10.5 Å². The van der Waals surface area contributed by atoms with Crippen LogP contribution in [0.15, 0.2) is 97.1 Å². The molecule has 0 radical (unpaired) electrons. The molecule has 0 bridgehead atoms. The summed E-state index contributed by atoms with van der Waals surface area (Å²) in [6.45, 7) is 0.177. The second-order valence-electron chi connectivity index (χ2n) is 10.8. The van der Waals surface area contributed by atoms with Crippen LogP contribution >= 0.6 is 0 Å². The van der Waals surface area contributed by atoms with Crippen LogP contribution < -0.4 is 5.32 Å². The number of ether oxygens (including phenoxy) is 1. The summed E-state index contributed by atoms with van der Waals surface area (Å²) in [7, 11) is 0. The number of anilines is 1. The summed E-state index contributed by atoms with van der Waals surface area (Å²) in [6, 6.07) is 29.6. The second kappa shape index (κ2) is 9.99. The van der Waals surface area contributed by atoms with Crippen LogP contribution in [0.2, 0.25) is 0 Å². The lowest BCUT2D eigenvalue weighted by molar-refractivity contribution is -0.179. The Morgan fingerprint density at radius 3 is 1.90 bits per heavy atom. The molecule has 1 aliphatic heterocycles. The average molecular weight is 559 g/mol. The highest BCUT2D eigenvalue weighted by atomic mass is 16.7. The van der Waals surface area contributed by atoms with Crippen molar-refractivity contribution in [2.24, 2.45) is 0 Å². The average Bonchev–Trinajstić information content (AvgIpc) is 3.43. The van der Waals surface area contributed by atoms with Gasteiger partial charge < -0.3 is 9.57 Å². The number of nitrogens with zero attached hydrogens (tertiary/aromatic N) is 1. The number of hydrogen-bond acceptors (Lipinski definition) is 6. The maximum absolute atomic E-state index is 13.4. The first-order valence-corrected chi connectivity index (χ1v) is 13.9. The summed E-state index contributed by atoms with van der Waals surface area (Å²) < 4.78 is 5.68. The van der Waals surface area contributed by atoms with E-state index in [1.54, 1.807) is 36.4 Å². The van der Waals surface area contributed by atoms with E-state index in [0.717, 1.165) is 28.7 Å². The van der Waals surface area contributed by atoms with Gasteiger partial charge in [0.05, 0.1) is 16.5 Å². The fraction of sp³-hybridized carbons (Fsp3) is 0.176. The lowest BCUT2D eigenvalue weighted by Gasteiger charge is -2.40. The van der Waals surface area contributed by atoms with Gasteiger partial charge in [0.25, 0.3) is 11.8 Å². The Hall–Kier alpha value is -5.24. The van der Waals surface area contributed by atoms with E-state index in [1.807, 2.05) is 24.3 Å². The third-order valence-corrected chi connectivity index (χ3v) is 8.53. The van der Waals surface area contributed by atoms with Crippen LogP contribution in [0, 0.1) is 0 Å². The summed E-state index contributed by atoms with van der Waals surface area (Å²) >= 11 is 0. The summed E-state index contributed by atoms with van der Waals surface area (Å²) in [5.41, 5.74) is 5.00. The molecule has 7 rings (SSSR count). The molecule has 0 atom stereocenters. The first-order chi connectivity index (χ1) is 20.5. The molecule has 0 aromatic heterocycles. The van der Waals surface area contributed by atoms with E-state index < -0.39 is 29.3 Å². The van der Waals surface area contributed by atoms with Gasteiger partial charge in [-0.05, 0) is 64.9 Å². The molecule has 1 fully saturated rings. The number of benzene rings is 4. The van der Waals surface area contributed by atoms with Crippen molar-refractivity contribution in [1.82, 2.24) is 5.06 Å². The Morgan fingerprint density at radius 2 is 1.33 bits per heavy atom. The lowest BCUT2D eigenvalue weighted by atomic mass is 9.64. The molecule has 3 amide bonds. The molecule has 0 spiro atoms. The van der Waals surface area contributed by atoms with Crippen LogP contribution in [0.3, 0.4) is 0 Å². The number of carbonyl (C=O) groups excluding carboxylic acids is 4. The van der Waals surface area contributed by atoms with Crippen molar-refractivity contribution in [2.75, 3.05) is 11.9 Å². The van der Waals surface area contributed by atoms with Crippen molar-refractivity contribution in [3.63, 3.8) is 0 Å². The number of carbonyl (C=O) groups is 4. The van der Waals surface area contributed by atoms with Gasteiger partial charge in [0.2, 0.25) is 0 Å². The molecule has 1 N–H and O–H groups in total. The third kappa shape index (κ3) is 4.06. The van der Waals surface area contributed by atoms with Gasteiger partial charge in [-0.15, -0.1) is 0 Å². The van der Waals surface area contributed by atoms with Gasteiger partial charge in [-0.3, -0.25) is 14.9 Å². The first-order valence-electron chi connectivity index (χ1n) is 13.9. The molecular weight excluding hydrogens is 532 g/mol. The zero-order chi connectivity index (χ0) is 28.8. The minimum Gasteiger partial charge on any atom is -0.448 e. The summed E-state index contributed by atoms with van der Waals surface area (Å²) in [5.74, 6) is -2.07. The number of imide groups is 1. The van der Waals surface area contributed by atoms with Crippen molar-refractivity contribution in [2.45, 2.75) is 30.6 Å². The van der Waals surface area contributed by atoms with Gasteiger partial charge in [0.1, 0.15) is 6.61 Å². The number of hydrogen-bond donors (Lipinski definition) is 1. The summed E-state index contributed by atoms with van der Waals surface area (Å²) in [5, 5.41) is 3.33. The van der Waals surface area contributed by atoms with Crippen molar-refractivity contribution in [3.05, 3.63) is 125 Å². The van der Waals surface area contributed by atoms with Gasteiger partial charge in [-0.25, -0.2) is 9.59 Å². The van der Waals surface area contributed by atoms with E-state index in [1.165, 1.54) is 12.1 Å². The fourth-order valence-corrected chi connectivity index (χ4v) is 6.21. The van der Waals surface area contributed by atoms with Crippen LogP contribution in [-0.2, 0) is 19.8 Å². The number of rotatable bonds is 6. The highest BCUT2D eigenvalue weighted by Gasteiger charge is 2.50. The van der Waals surface area contributed by atoms with E-state index in [-0.39, 0.29) is 23.7 Å². The van der Waals surface area contributed by atoms with Crippen molar-refractivity contribution in [3.8, 4) is 11.1 Å². The minimum absolute atomic E-state index is 0.0651.